The van der Waals surface area contributed by atoms with Crippen molar-refractivity contribution in [2.45, 2.75) is 259 Å². The number of benzene rings is 7. The molecule has 0 aromatic heterocycles. The van der Waals surface area contributed by atoms with Crippen molar-refractivity contribution in [2.24, 2.45) is 0 Å². The van der Waals surface area contributed by atoms with E-state index in [9.17, 15) is 9.59 Å². The van der Waals surface area contributed by atoms with E-state index in [1.54, 1.807) is 20.1 Å². The Morgan fingerprint density at radius 3 is 0.973 bits per heavy atom. The molecular weight excluding hydrogens is 1490 g/mol. The van der Waals surface area contributed by atoms with Gasteiger partial charge in [-0.2, -0.15) is 0 Å². The predicted molar refractivity (Wildman–Crippen MR) is 464 cm³/mol. The first-order valence-electron chi connectivity index (χ1n) is 37.7. The molecule has 0 amide bonds. The third-order valence-electron chi connectivity index (χ3n) is 16.7. The van der Waals surface area contributed by atoms with E-state index in [-0.39, 0.29) is 18.2 Å². The van der Waals surface area contributed by atoms with Gasteiger partial charge in [0.15, 0.2) is 11.6 Å². The Balaban J connectivity index is -0.000000126. The zero-order valence-corrected chi connectivity index (χ0v) is 74.7. The van der Waals surface area contributed by atoms with Gasteiger partial charge in [0.1, 0.15) is 12.4 Å². The van der Waals surface area contributed by atoms with Crippen LogP contribution in [0.25, 0.3) is 0 Å². The number of ketones is 2. The van der Waals surface area contributed by atoms with Crippen LogP contribution in [0.5, 0.6) is 5.75 Å². The van der Waals surface area contributed by atoms with E-state index < -0.39 is 6.61 Å². The van der Waals surface area contributed by atoms with E-state index in [0.29, 0.717) is 47.0 Å². The van der Waals surface area contributed by atoms with Crippen LogP contribution in [0, 0.1) is 20.8 Å². The lowest BCUT2D eigenvalue weighted by Crippen LogP contribution is -2.05. The SMILES string of the molecule is CC.CC.CC.CCC(C)c1ccc(C)c(C)c1.CCC(C)c1ccc(Cl)cc1.CCC(C)c1ccc(OC)c(C)c1.CCC(C)c1cccc(Br)c1.CCC(C)c1cccc(C(=O)CO)c1.CCC(C)c1cccc(C(C)=O)c1.CCC(C)c1cccc(CO)c1.CO.CO.CO.COO.OOO.OOO.OOO. The highest BCUT2D eigenvalue weighted by Crippen LogP contribution is 2.27. The van der Waals surface area contributed by atoms with Crippen molar-refractivity contribution in [3.63, 3.8) is 0 Å². The lowest BCUT2D eigenvalue weighted by molar-refractivity contribution is -0.465. The van der Waals surface area contributed by atoms with Crippen LogP contribution in [-0.2, 0) is 26.6 Å². The van der Waals surface area contributed by atoms with Crippen LogP contribution >= 0.6 is 27.5 Å². The molecule has 7 atom stereocenters. The Kier molecular flexibility index (Phi) is 102. The zero-order chi connectivity index (χ0) is 87.7. The largest absolute Gasteiger partial charge is 0.496 e. The molecule has 0 saturated heterocycles. The van der Waals surface area contributed by atoms with Gasteiger partial charge in [0.2, 0.25) is 0 Å². The van der Waals surface area contributed by atoms with Gasteiger partial charge in [-0.05, 0) is 218 Å². The summed E-state index contributed by atoms with van der Waals surface area (Å²) in [7, 11) is 5.89. The normalized spacial score (nSPS) is 11.0. The molecular formula is C89H150BrClO19. The Morgan fingerprint density at radius 1 is 0.382 bits per heavy atom. The lowest BCUT2D eigenvalue weighted by atomic mass is 9.95. The average molecular weight is 1640 g/mol. The number of methoxy groups -OCH3 is 1. The molecule has 0 bridgehead atoms. The van der Waals surface area contributed by atoms with Crippen molar-refractivity contribution < 1.29 is 96.7 Å². The summed E-state index contributed by atoms with van der Waals surface area (Å²) >= 11 is 9.22. The van der Waals surface area contributed by atoms with E-state index in [4.69, 9.17) is 78.7 Å². The van der Waals surface area contributed by atoms with Gasteiger partial charge in [0, 0.05) is 42.0 Å². The Bertz CT molecular complexity index is 3090. The van der Waals surface area contributed by atoms with E-state index >= 15 is 0 Å². The number of rotatable bonds is 19. The Labute approximate surface area is 678 Å². The first-order chi connectivity index (χ1) is 52.6. The molecule has 0 saturated carbocycles. The average Bonchev–Trinajstić information content (AvgIpc) is 0.872. The predicted octanol–water partition coefficient (Wildman–Crippen LogP) is 25.5. The Morgan fingerprint density at radius 2 is 0.664 bits per heavy atom. The van der Waals surface area contributed by atoms with Crippen LogP contribution in [0.15, 0.2) is 162 Å². The van der Waals surface area contributed by atoms with E-state index in [1.165, 1.54) is 87.3 Å². The third-order valence-corrected chi connectivity index (χ3v) is 17.5. The van der Waals surface area contributed by atoms with Gasteiger partial charge in [-0.3, -0.25) is 14.8 Å². The molecule has 7 unspecified atom stereocenters. The number of halogens is 2. The molecule has 0 aliphatic rings. The van der Waals surface area contributed by atoms with Gasteiger partial charge in [0.05, 0.1) is 20.8 Å². The molecule has 0 heterocycles. The molecule has 12 N–H and O–H groups in total. The number of hydrogen-bond donors (Lipinski definition) is 12. The van der Waals surface area contributed by atoms with Crippen LogP contribution in [0.2, 0.25) is 5.02 Å². The van der Waals surface area contributed by atoms with E-state index in [2.05, 4.69) is 245 Å². The van der Waals surface area contributed by atoms with Gasteiger partial charge in [-0.25, -0.2) is 36.4 Å². The maximum absolute atomic E-state index is 11.2. The molecule has 0 fully saturated rings. The molecule has 0 radical (unpaired) electrons. The molecule has 7 aromatic carbocycles. The minimum atomic E-state index is -0.413. The van der Waals surface area contributed by atoms with Gasteiger partial charge in [-0.15, -0.1) is 0 Å². The van der Waals surface area contributed by atoms with Gasteiger partial charge in [0.25, 0.3) is 0 Å². The van der Waals surface area contributed by atoms with Crippen molar-refractivity contribution in [1.29, 1.82) is 0 Å². The van der Waals surface area contributed by atoms with Crippen LogP contribution in [0.4, 0.5) is 0 Å². The van der Waals surface area contributed by atoms with Gasteiger partial charge < -0.3 is 30.3 Å². The molecule has 19 nitrogen and oxygen atoms in total. The van der Waals surface area contributed by atoms with Crippen molar-refractivity contribution in [2.75, 3.05) is 42.2 Å². The fourth-order valence-corrected chi connectivity index (χ4v) is 9.25. The number of carbonyl (C=O) groups excluding carboxylic acids is 2. The van der Waals surface area contributed by atoms with Crippen LogP contribution in [-0.4, -0.2) is 116 Å². The molecule has 7 aromatic rings. The number of aryl methyl sites for hydroxylation is 3. The highest BCUT2D eigenvalue weighted by molar-refractivity contribution is 9.10. The number of aliphatic hydroxyl groups is 5. The summed E-state index contributed by atoms with van der Waals surface area (Å²) in [5.41, 5.74) is 15.9. The summed E-state index contributed by atoms with van der Waals surface area (Å²) in [4.78, 5) is 25.6. The zero-order valence-electron chi connectivity index (χ0n) is 72.4. The van der Waals surface area contributed by atoms with Crippen molar-refractivity contribution in [3.8, 4) is 5.75 Å². The molecule has 0 aliphatic carbocycles. The van der Waals surface area contributed by atoms with E-state index in [1.807, 2.05) is 102 Å². The fourth-order valence-electron chi connectivity index (χ4n) is 8.71. The van der Waals surface area contributed by atoms with Gasteiger partial charge >= 0.3 is 0 Å². The smallest absolute Gasteiger partial charge is 0.188 e. The summed E-state index contributed by atoms with van der Waals surface area (Å²) in [6.07, 6.45) is 8.11. The second-order valence-corrected chi connectivity index (χ2v) is 24.9. The van der Waals surface area contributed by atoms with Gasteiger partial charge in [-0.1, -0.05) is 296 Å². The minimum Gasteiger partial charge on any atom is -0.496 e. The first kappa shape index (κ1) is 125. The molecule has 110 heavy (non-hydrogen) atoms. The molecule has 634 valence electrons. The monoisotopic (exact) mass is 1640 g/mol. The summed E-state index contributed by atoms with van der Waals surface area (Å²) < 4.78 is 6.39. The van der Waals surface area contributed by atoms with Crippen LogP contribution in [0.1, 0.15) is 314 Å². The summed E-state index contributed by atoms with van der Waals surface area (Å²) in [5, 5.41) is 93.0. The molecule has 21 heteroatoms. The summed E-state index contributed by atoms with van der Waals surface area (Å²) in [6.45, 7) is 50.6. The number of aliphatic hydroxyl groups excluding tert-OH is 5. The molecule has 7 rings (SSSR count). The highest BCUT2D eigenvalue weighted by Gasteiger charge is 2.10. The second kappa shape index (κ2) is 90.0. The number of hydrogen-bond acceptors (Lipinski definition) is 19. The highest BCUT2D eigenvalue weighted by atomic mass is 79.9. The second-order valence-electron chi connectivity index (χ2n) is 23.6. The topological polar surface area (TPSA) is 323 Å². The van der Waals surface area contributed by atoms with Crippen molar-refractivity contribution in [3.05, 3.63) is 240 Å². The number of Topliss-reactive ketones (excluding diaryl/α,β-unsaturated/α-hetero) is 2. The standard InChI is InChI=1S/C12H16O2.C12H18O.C12H16O.C12H18.C11H16O.C10H13Br.C10H13Cl.3C2H6.CH4O2.3CH4O.3H2O3/c1-3-9(2)10-5-4-6-11(7-10)12(14)8-13;1-5-9(2)11-6-7-12(13-4)10(3)8-11;1-4-9(2)11-6-5-7-12(8-11)10(3)13;1-5-9(2)12-7-6-10(3)11(4)8-12;1-3-9(2)11-6-4-5-10(7-11)8-12;1-3-8(2)9-5-4-6-10(11)7-9;1-3-8(2)9-4-6-10(11)7-5-9;3*1-2;1-3-2;3*1-2;3*1-3-2/h4-7,9,13H,3,8H2,1-2H3;6-9H,5H2,1-4H3;5-9H,4H2,1-3H3;6-9H,5H2,1-4H3;4-7,9,12H,3,8H2,1-2H3;2*4-8H,3H2,1-2H3;3*1-2H3;2H,1H3;3*2H,1H3;3*1-2H. The quantitative estimate of drug-likeness (QED) is 0.0203. The maximum Gasteiger partial charge on any atom is 0.188 e. The van der Waals surface area contributed by atoms with E-state index in [0.717, 1.165) is 68.1 Å². The number of ether oxygens (including phenoxy) is 1. The molecule has 0 aliphatic heterocycles. The lowest BCUT2D eigenvalue weighted by Gasteiger charge is -2.11. The fraction of sp³-hybridized carbons (Fsp3) is 0.506. The molecule has 0 spiro atoms. The van der Waals surface area contributed by atoms with Crippen LogP contribution in [0.3, 0.4) is 0 Å². The van der Waals surface area contributed by atoms with Crippen molar-refractivity contribution in [1.82, 2.24) is 0 Å². The van der Waals surface area contributed by atoms with Crippen LogP contribution < -0.4 is 4.74 Å². The first-order valence-corrected chi connectivity index (χ1v) is 38.9. The van der Waals surface area contributed by atoms with Crippen molar-refractivity contribution >= 4 is 39.1 Å². The third kappa shape index (κ3) is 65.4. The number of carbonyl (C=O) groups is 2. The summed E-state index contributed by atoms with van der Waals surface area (Å²) in [6, 6.07) is 53.3. The Hall–Kier alpha value is -6.19. The minimum absolute atomic E-state index is 0.143. The summed E-state index contributed by atoms with van der Waals surface area (Å²) in [5.74, 6) is 5.17. The maximum atomic E-state index is 11.2.